The number of nitro groups is 1. The van der Waals surface area contributed by atoms with Gasteiger partial charge in [0.25, 0.3) is 5.69 Å². The summed E-state index contributed by atoms with van der Waals surface area (Å²) in [6.45, 7) is 1.68. The first-order valence-corrected chi connectivity index (χ1v) is 6.45. The maximum absolute atomic E-state index is 10.6. The van der Waals surface area contributed by atoms with Crippen LogP contribution in [0.3, 0.4) is 0 Å². The van der Waals surface area contributed by atoms with Crippen molar-refractivity contribution in [2.75, 3.05) is 0 Å². The van der Waals surface area contributed by atoms with E-state index in [2.05, 4.69) is 4.98 Å². The Labute approximate surface area is 114 Å². The van der Waals surface area contributed by atoms with Gasteiger partial charge in [0.05, 0.1) is 11.0 Å². The zero-order valence-corrected chi connectivity index (χ0v) is 11.0. The van der Waals surface area contributed by atoms with Gasteiger partial charge in [-0.1, -0.05) is 17.8 Å². The second kappa shape index (κ2) is 5.81. The van der Waals surface area contributed by atoms with E-state index < -0.39 is 11.0 Å². The molecule has 0 fully saturated rings. The molecule has 2 aromatic rings. The number of nitrogens with zero attached hydrogens (tertiary/aromatic N) is 2. The predicted molar refractivity (Wildman–Crippen MR) is 72.1 cm³/mol. The Kier molecular flexibility index (Phi) is 4.13. The molecule has 5 nitrogen and oxygen atoms in total. The van der Waals surface area contributed by atoms with Crippen molar-refractivity contribution in [3.63, 3.8) is 0 Å². The van der Waals surface area contributed by atoms with Crippen LogP contribution in [0.5, 0.6) is 0 Å². The normalized spacial score (nSPS) is 12.1. The quantitative estimate of drug-likeness (QED) is 0.685. The Morgan fingerprint density at radius 2 is 2.00 bits per heavy atom. The molecule has 0 radical (unpaired) electrons. The van der Waals surface area contributed by atoms with Gasteiger partial charge in [-0.3, -0.25) is 10.1 Å². The van der Waals surface area contributed by atoms with Gasteiger partial charge in [0.15, 0.2) is 0 Å². The average Bonchev–Trinajstić information content (AvgIpc) is 2.39. The van der Waals surface area contributed by atoms with E-state index in [-0.39, 0.29) is 5.69 Å². The summed E-state index contributed by atoms with van der Waals surface area (Å²) in [6.07, 6.45) is 1.05. The highest BCUT2D eigenvalue weighted by Crippen LogP contribution is 2.32. The van der Waals surface area contributed by atoms with Gasteiger partial charge in [-0.05, 0) is 25.1 Å². The molecule has 0 aliphatic rings. The lowest BCUT2D eigenvalue weighted by atomic mass is 10.2. The molecular formula is C13H12N2O3S. The zero-order valence-electron chi connectivity index (χ0n) is 10.2. The minimum atomic E-state index is -0.603. The van der Waals surface area contributed by atoms with Crippen LogP contribution in [0, 0.1) is 10.1 Å². The molecule has 0 aliphatic heterocycles. The maximum Gasteiger partial charge on any atom is 0.269 e. The van der Waals surface area contributed by atoms with Crippen molar-refractivity contribution < 1.29 is 10.0 Å². The first kappa shape index (κ1) is 13.5. The van der Waals surface area contributed by atoms with Gasteiger partial charge in [0.1, 0.15) is 5.03 Å². The Balaban J connectivity index is 2.24. The molecule has 1 atom stereocenters. The molecule has 1 N–H and O–H groups in total. The monoisotopic (exact) mass is 276 g/mol. The summed E-state index contributed by atoms with van der Waals surface area (Å²) in [5.74, 6) is 0. The van der Waals surface area contributed by atoms with Gasteiger partial charge >= 0.3 is 0 Å². The first-order chi connectivity index (χ1) is 9.08. The zero-order chi connectivity index (χ0) is 13.8. The van der Waals surface area contributed by atoms with Gasteiger partial charge in [-0.25, -0.2) is 4.98 Å². The molecule has 19 heavy (non-hydrogen) atoms. The fraction of sp³-hybridized carbons (Fsp3) is 0.154. The van der Waals surface area contributed by atoms with E-state index in [0.29, 0.717) is 5.03 Å². The molecule has 98 valence electrons. The number of nitro benzene ring substituents is 1. The number of benzene rings is 1. The Bertz CT molecular complexity index is 585. The molecule has 2 rings (SSSR count). The number of aliphatic hydroxyl groups is 1. The van der Waals surface area contributed by atoms with Crippen molar-refractivity contribution in [2.45, 2.75) is 22.9 Å². The second-order valence-corrected chi connectivity index (χ2v) is 4.99. The van der Waals surface area contributed by atoms with Crippen molar-refractivity contribution in [3.8, 4) is 0 Å². The third kappa shape index (κ3) is 3.30. The van der Waals surface area contributed by atoms with E-state index in [1.54, 1.807) is 31.3 Å². The average molecular weight is 276 g/mol. The number of hydrogen-bond acceptors (Lipinski definition) is 5. The molecule has 1 heterocycles. The molecule has 0 saturated carbocycles. The van der Waals surface area contributed by atoms with Crippen molar-refractivity contribution in [1.82, 2.24) is 4.98 Å². The van der Waals surface area contributed by atoms with Crippen LogP contribution in [-0.2, 0) is 0 Å². The molecule has 6 heteroatoms. The summed E-state index contributed by atoms with van der Waals surface area (Å²) in [4.78, 5) is 15.2. The maximum atomic E-state index is 10.6. The Morgan fingerprint density at radius 3 is 2.58 bits per heavy atom. The van der Waals surface area contributed by atoms with Crippen molar-refractivity contribution in [3.05, 3.63) is 58.3 Å². The van der Waals surface area contributed by atoms with Crippen LogP contribution in [-0.4, -0.2) is 15.0 Å². The molecule has 0 amide bonds. The number of aliphatic hydroxyl groups excluding tert-OH is 1. The molecule has 0 unspecified atom stereocenters. The van der Waals surface area contributed by atoms with E-state index in [9.17, 15) is 15.2 Å². The van der Waals surface area contributed by atoms with E-state index >= 15 is 0 Å². The van der Waals surface area contributed by atoms with E-state index in [1.165, 1.54) is 23.9 Å². The number of pyridine rings is 1. The fourth-order valence-electron chi connectivity index (χ4n) is 1.55. The molecule has 1 aromatic carbocycles. The Hall–Kier alpha value is -1.92. The third-order valence-corrected chi connectivity index (χ3v) is 3.56. The van der Waals surface area contributed by atoms with E-state index in [4.69, 9.17) is 0 Å². The highest BCUT2D eigenvalue weighted by molar-refractivity contribution is 7.99. The lowest BCUT2D eigenvalue weighted by Gasteiger charge is -2.09. The number of rotatable bonds is 4. The third-order valence-electron chi connectivity index (χ3n) is 2.51. The molecule has 0 aliphatic carbocycles. The van der Waals surface area contributed by atoms with Crippen molar-refractivity contribution in [2.24, 2.45) is 0 Å². The van der Waals surface area contributed by atoms with Gasteiger partial charge < -0.3 is 5.11 Å². The lowest BCUT2D eigenvalue weighted by Crippen LogP contribution is -1.95. The summed E-state index contributed by atoms with van der Waals surface area (Å²) < 4.78 is 0. The summed E-state index contributed by atoms with van der Waals surface area (Å²) in [6, 6.07) is 9.82. The van der Waals surface area contributed by atoms with E-state index in [1.807, 2.05) is 6.07 Å². The van der Waals surface area contributed by atoms with Gasteiger partial charge in [-0.2, -0.15) is 0 Å². The Morgan fingerprint density at radius 1 is 1.32 bits per heavy atom. The highest BCUT2D eigenvalue weighted by Gasteiger charge is 2.11. The van der Waals surface area contributed by atoms with Crippen LogP contribution in [0.2, 0.25) is 0 Å². The molecular weight excluding hydrogens is 264 g/mol. The van der Waals surface area contributed by atoms with Crippen LogP contribution in [0.4, 0.5) is 5.69 Å². The smallest absolute Gasteiger partial charge is 0.269 e. The fourth-order valence-corrected chi connectivity index (χ4v) is 2.52. The number of aromatic nitrogens is 1. The summed E-state index contributed by atoms with van der Waals surface area (Å²) >= 11 is 1.37. The van der Waals surface area contributed by atoms with Crippen LogP contribution < -0.4 is 0 Å². The summed E-state index contributed by atoms with van der Waals surface area (Å²) in [7, 11) is 0. The minimum absolute atomic E-state index is 0.0566. The summed E-state index contributed by atoms with van der Waals surface area (Å²) in [5, 5.41) is 20.9. The summed E-state index contributed by atoms with van der Waals surface area (Å²) in [5.41, 5.74) is 0.798. The predicted octanol–water partition coefficient (Wildman–Crippen LogP) is 3.19. The molecule has 1 aromatic heterocycles. The van der Waals surface area contributed by atoms with Crippen LogP contribution >= 0.6 is 11.8 Å². The first-order valence-electron chi connectivity index (χ1n) is 5.63. The van der Waals surface area contributed by atoms with Gasteiger partial charge in [0, 0.05) is 28.8 Å². The second-order valence-electron chi connectivity index (χ2n) is 3.93. The lowest BCUT2D eigenvalue weighted by molar-refractivity contribution is -0.384. The number of hydrogen-bond donors (Lipinski definition) is 1. The highest BCUT2D eigenvalue weighted by atomic mass is 32.2. The molecule has 0 spiro atoms. The minimum Gasteiger partial charge on any atom is -0.389 e. The van der Waals surface area contributed by atoms with Crippen LogP contribution in [0.15, 0.2) is 52.5 Å². The van der Waals surface area contributed by atoms with Crippen LogP contribution in [0.25, 0.3) is 0 Å². The van der Waals surface area contributed by atoms with Crippen molar-refractivity contribution in [1.29, 1.82) is 0 Å². The van der Waals surface area contributed by atoms with E-state index in [0.717, 1.165) is 10.5 Å². The topological polar surface area (TPSA) is 76.3 Å². The molecule has 0 bridgehead atoms. The SMILES string of the molecule is C[C@H](O)c1cccnc1Sc1ccc([N+](=O)[O-])cc1. The molecule has 0 saturated heterocycles. The van der Waals surface area contributed by atoms with Crippen molar-refractivity contribution >= 4 is 17.4 Å². The van der Waals surface area contributed by atoms with Gasteiger partial charge in [0.2, 0.25) is 0 Å². The largest absolute Gasteiger partial charge is 0.389 e. The standard InChI is InChI=1S/C13H12N2O3S/c1-9(16)12-3-2-8-14-13(12)19-11-6-4-10(5-7-11)15(17)18/h2-9,16H,1H3/t9-/m0/s1. The van der Waals surface area contributed by atoms with Gasteiger partial charge in [-0.15, -0.1) is 0 Å². The van der Waals surface area contributed by atoms with Crippen LogP contribution in [0.1, 0.15) is 18.6 Å². The number of non-ortho nitro benzene ring substituents is 1.